The van der Waals surface area contributed by atoms with Gasteiger partial charge in [-0.3, -0.25) is 4.68 Å². The summed E-state index contributed by atoms with van der Waals surface area (Å²) in [5.74, 6) is 0. The lowest BCUT2D eigenvalue weighted by atomic mass is 9.79. The Hall–Kier alpha value is -1.37. The van der Waals surface area contributed by atoms with E-state index in [0.29, 0.717) is 6.04 Å². The van der Waals surface area contributed by atoms with Crippen LogP contribution in [0.25, 0.3) is 10.9 Å². The van der Waals surface area contributed by atoms with E-state index in [1.165, 1.54) is 0 Å². The summed E-state index contributed by atoms with van der Waals surface area (Å²) in [6.45, 7) is 9.94. The van der Waals surface area contributed by atoms with Crippen LogP contribution in [0, 0.1) is 0 Å². The molecule has 0 radical (unpaired) electrons. The van der Waals surface area contributed by atoms with E-state index in [1.807, 2.05) is 6.20 Å². The van der Waals surface area contributed by atoms with Crippen molar-refractivity contribution in [1.82, 2.24) is 9.78 Å². The molecule has 0 N–H and O–H groups in total. The zero-order valence-electron chi connectivity index (χ0n) is 14.9. The first-order valence-electron chi connectivity index (χ1n) is 8.78. The first-order chi connectivity index (χ1) is 11.4. The van der Waals surface area contributed by atoms with Crippen molar-refractivity contribution in [3.63, 3.8) is 0 Å². The van der Waals surface area contributed by atoms with Crippen LogP contribution in [0.15, 0.2) is 24.4 Å². The molecule has 1 aromatic heterocycles. The largest absolute Gasteiger partial charge is 0.494 e. The molecule has 0 spiro atoms. The van der Waals surface area contributed by atoms with E-state index in [2.05, 4.69) is 55.7 Å². The number of benzene rings is 1. The van der Waals surface area contributed by atoms with Crippen molar-refractivity contribution in [3.8, 4) is 0 Å². The molecule has 0 saturated carbocycles. The van der Waals surface area contributed by atoms with Crippen LogP contribution in [0.1, 0.15) is 46.6 Å². The summed E-state index contributed by atoms with van der Waals surface area (Å²) in [7, 11) is -0.336. The lowest BCUT2D eigenvalue weighted by Crippen LogP contribution is -2.41. The van der Waals surface area contributed by atoms with E-state index < -0.39 is 0 Å². The Balaban J connectivity index is 1.68. The lowest BCUT2D eigenvalue weighted by molar-refractivity contribution is 0.00578. The summed E-state index contributed by atoms with van der Waals surface area (Å²) < 4.78 is 20.0. The molecular formula is C18H25BN2O3. The highest BCUT2D eigenvalue weighted by Gasteiger charge is 2.51. The standard InChI is InChI=1S/C18H25BN2O3/c1-17(2)18(3,4)24-19(23-17)14-6-5-13-12-20-21(16(13)11-14)15-7-9-22-10-8-15/h5-6,11-12,15H,7-10H2,1-4H3. The van der Waals surface area contributed by atoms with Gasteiger partial charge in [0.15, 0.2) is 0 Å². The van der Waals surface area contributed by atoms with Crippen LogP contribution in [0.5, 0.6) is 0 Å². The summed E-state index contributed by atoms with van der Waals surface area (Å²) in [5.41, 5.74) is 1.55. The van der Waals surface area contributed by atoms with Crippen LogP contribution in [0.3, 0.4) is 0 Å². The fraction of sp³-hybridized carbons (Fsp3) is 0.611. The van der Waals surface area contributed by atoms with Gasteiger partial charge in [-0.1, -0.05) is 12.1 Å². The fourth-order valence-corrected chi connectivity index (χ4v) is 3.40. The average molecular weight is 328 g/mol. The second-order valence-electron chi connectivity index (χ2n) is 7.84. The number of aromatic nitrogens is 2. The summed E-state index contributed by atoms with van der Waals surface area (Å²) in [5, 5.41) is 5.78. The first-order valence-corrected chi connectivity index (χ1v) is 8.78. The monoisotopic (exact) mass is 328 g/mol. The zero-order chi connectivity index (χ0) is 16.9. The average Bonchev–Trinajstić information content (AvgIpc) is 3.06. The third-order valence-corrected chi connectivity index (χ3v) is 5.68. The minimum Gasteiger partial charge on any atom is -0.399 e. The summed E-state index contributed by atoms with van der Waals surface area (Å²) >= 11 is 0. The summed E-state index contributed by atoms with van der Waals surface area (Å²) in [6.07, 6.45) is 3.97. The molecule has 0 aliphatic carbocycles. The first kappa shape index (κ1) is 16.1. The highest BCUT2D eigenvalue weighted by Crippen LogP contribution is 2.36. The second kappa shape index (κ2) is 5.58. The van der Waals surface area contributed by atoms with E-state index in [4.69, 9.17) is 14.0 Å². The van der Waals surface area contributed by atoms with E-state index in [9.17, 15) is 0 Å². The Morgan fingerprint density at radius 2 is 1.75 bits per heavy atom. The van der Waals surface area contributed by atoms with Crippen molar-refractivity contribution in [2.75, 3.05) is 13.2 Å². The molecule has 0 atom stereocenters. The molecule has 6 heteroatoms. The van der Waals surface area contributed by atoms with Crippen molar-refractivity contribution in [3.05, 3.63) is 24.4 Å². The van der Waals surface area contributed by atoms with Crippen LogP contribution in [-0.4, -0.2) is 41.3 Å². The van der Waals surface area contributed by atoms with Gasteiger partial charge in [-0.15, -0.1) is 0 Å². The number of fused-ring (bicyclic) bond motifs is 1. The van der Waals surface area contributed by atoms with Gasteiger partial charge in [0.2, 0.25) is 0 Å². The number of nitrogens with zero attached hydrogens (tertiary/aromatic N) is 2. The molecule has 2 aliphatic heterocycles. The molecule has 0 amide bonds. The molecule has 2 saturated heterocycles. The molecule has 0 bridgehead atoms. The molecule has 0 unspecified atom stereocenters. The number of hydrogen-bond donors (Lipinski definition) is 0. The van der Waals surface area contributed by atoms with Crippen LogP contribution in [0.4, 0.5) is 0 Å². The number of ether oxygens (including phenoxy) is 1. The maximum Gasteiger partial charge on any atom is 0.494 e. The highest BCUT2D eigenvalue weighted by atomic mass is 16.7. The molecule has 128 valence electrons. The summed E-state index contributed by atoms with van der Waals surface area (Å²) in [6, 6.07) is 6.77. The van der Waals surface area contributed by atoms with E-state index >= 15 is 0 Å². The topological polar surface area (TPSA) is 45.5 Å². The summed E-state index contributed by atoms with van der Waals surface area (Å²) in [4.78, 5) is 0. The maximum absolute atomic E-state index is 6.19. The molecule has 4 rings (SSSR count). The van der Waals surface area contributed by atoms with E-state index in [1.54, 1.807) is 0 Å². The van der Waals surface area contributed by atoms with Gasteiger partial charge in [0.25, 0.3) is 0 Å². The van der Waals surface area contributed by atoms with Crippen LogP contribution >= 0.6 is 0 Å². The SMILES string of the molecule is CC1(C)OB(c2ccc3cnn(C4CCOCC4)c3c2)OC1(C)C. The van der Waals surface area contributed by atoms with Gasteiger partial charge < -0.3 is 14.0 Å². The van der Waals surface area contributed by atoms with Crippen molar-refractivity contribution in [2.24, 2.45) is 0 Å². The Labute approximate surface area is 143 Å². The Morgan fingerprint density at radius 3 is 2.42 bits per heavy atom. The minimum atomic E-state index is -0.336. The molecule has 3 heterocycles. The Morgan fingerprint density at radius 1 is 1.08 bits per heavy atom. The minimum absolute atomic E-state index is 0.326. The molecule has 24 heavy (non-hydrogen) atoms. The van der Waals surface area contributed by atoms with Gasteiger partial charge in [-0.05, 0) is 52.1 Å². The quantitative estimate of drug-likeness (QED) is 0.795. The molecule has 1 aromatic carbocycles. The van der Waals surface area contributed by atoms with Gasteiger partial charge in [0, 0.05) is 18.6 Å². The molecule has 2 aliphatic rings. The van der Waals surface area contributed by atoms with Crippen molar-refractivity contribution in [1.29, 1.82) is 0 Å². The molecule has 2 aromatic rings. The Bertz CT molecular complexity index is 734. The predicted molar refractivity (Wildman–Crippen MR) is 94.5 cm³/mol. The van der Waals surface area contributed by atoms with E-state index in [0.717, 1.165) is 42.4 Å². The lowest BCUT2D eigenvalue weighted by Gasteiger charge is -2.32. The normalized spacial score (nSPS) is 23.9. The molecule has 2 fully saturated rings. The van der Waals surface area contributed by atoms with E-state index in [-0.39, 0.29) is 18.3 Å². The smallest absolute Gasteiger partial charge is 0.399 e. The third kappa shape index (κ3) is 2.57. The second-order valence-corrected chi connectivity index (χ2v) is 7.84. The van der Waals surface area contributed by atoms with Crippen LogP contribution < -0.4 is 5.46 Å². The molecular weight excluding hydrogens is 303 g/mol. The Kier molecular flexibility index (Phi) is 3.75. The maximum atomic E-state index is 6.19. The third-order valence-electron chi connectivity index (χ3n) is 5.68. The van der Waals surface area contributed by atoms with Crippen LogP contribution in [0.2, 0.25) is 0 Å². The number of hydrogen-bond acceptors (Lipinski definition) is 4. The van der Waals surface area contributed by atoms with Gasteiger partial charge in [-0.25, -0.2) is 0 Å². The van der Waals surface area contributed by atoms with Crippen LogP contribution in [-0.2, 0) is 14.0 Å². The van der Waals surface area contributed by atoms with Crippen molar-refractivity contribution < 1.29 is 14.0 Å². The fourth-order valence-electron chi connectivity index (χ4n) is 3.40. The number of rotatable bonds is 2. The predicted octanol–water partition coefficient (Wildman–Crippen LogP) is 2.69. The van der Waals surface area contributed by atoms with Gasteiger partial charge in [0.05, 0.1) is 29.0 Å². The van der Waals surface area contributed by atoms with Gasteiger partial charge in [0.1, 0.15) is 0 Å². The zero-order valence-corrected chi connectivity index (χ0v) is 14.9. The van der Waals surface area contributed by atoms with Crippen molar-refractivity contribution >= 4 is 23.5 Å². The van der Waals surface area contributed by atoms with Gasteiger partial charge >= 0.3 is 7.12 Å². The highest BCUT2D eigenvalue weighted by molar-refractivity contribution is 6.62. The van der Waals surface area contributed by atoms with Crippen molar-refractivity contribution in [2.45, 2.75) is 57.8 Å². The van der Waals surface area contributed by atoms with Gasteiger partial charge in [-0.2, -0.15) is 5.10 Å². The molecule has 5 nitrogen and oxygen atoms in total.